The number of benzene rings is 3. The number of fused-ring (bicyclic) bond motifs is 2. The number of carboxylic acids is 2. The highest BCUT2D eigenvalue weighted by atomic mass is 19.1. The average Bonchev–Trinajstić information content (AvgIpc) is 3.00. The Hall–Kier alpha value is -4.92. The van der Waals surface area contributed by atoms with Crippen LogP contribution in [0.3, 0.4) is 0 Å². The summed E-state index contributed by atoms with van der Waals surface area (Å²) in [4.78, 5) is 36.3. The fraction of sp³-hybridized carbons (Fsp3) is 0.286. The number of rotatable bonds is 12. The summed E-state index contributed by atoms with van der Waals surface area (Å²) >= 11 is 0. The van der Waals surface area contributed by atoms with Crippen LogP contribution < -0.4 is 9.47 Å². The van der Waals surface area contributed by atoms with Gasteiger partial charge in [-0.1, -0.05) is 37.3 Å². The lowest BCUT2D eigenvalue weighted by atomic mass is 9.70. The number of carbonyl (C=O) groups excluding carboxylic acids is 1. The number of halogens is 1. The van der Waals surface area contributed by atoms with Gasteiger partial charge in [-0.3, -0.25) is 9.59 Å². The van der Waals surface area contributed by atoms with E-state index in [-0.39, 0.29) is 48.3 Å². The Bertz CT molecular complexity index is 1650. The fourth-order valence-electron chi connectivity index (χ4n) is 5.83. The van der Waals surface area contributed by atoms with Gasteiger partial charge in [0.1, 0.15) is 23.1 Å². The second kappa shape index (κ2) is 13.2. The maximum atomic E-state index is 13.4. The normalized spacial score (nSPS) is 17.0. The number of hydrogen-bond acceptors (Lipinski definition) is 6. The van der Waals surface area contributed by atoms with E-state index in [9.17, 15) is 34.1 Å². The van der Waals surface area contributed by atoms with Gasteiger partial charge < -0.3 is 24.8 Å². The molecule has 2 unspecified atom stereocenters. The predicted molar refractivity (Wildman–Crippen MR) is 161 cm³/mol. The van der Waals surface area contributed by atoms with E-state index in [0.717, 1.165) is 11.1 Å². The summed E-state index contributed by atoms with van der Waals surface area (Å²) in [6.45, 7) is 2.54. The third kappa shape index (κ3) is 6.51. The highest BCUT2D eigenvalue weighted by Crippen LogP contribution is 2.40. The van der Waals surface area contributed by atoms with Gasteiger partial charge in [0.2, 0.25) is 0 Å². The smallest absolute Gasteiger partial charge is 0.335 e. The molecule has 0 aliphatic heterocycles. The molecule has 0 bridgehead atoms. The molecule has 0 amide bonds. The van der Waals surface area contributed by atoms with E-state index < -0.39 is 17.9 Å². The summed E-state index contributed by atoms with van der Waals surface area (Å²) < 4.78 is 25.4. The van der Waals surface area contributed by atoms with Gasteiger partial charge in [0.15, 0.2) is 5.78 Å². The molecule has 0 spiro atoms. The quantitative estimate of drug-likeness (QED) is 0.210. The molecular weight excluding hydrogens is 567 g/mol. The van der Waals surface area contributed by atoms with Gasteiger partial charge in [-0.15, -0.1) is 0 Å². The van der Waals surface area contributed by atoms with Crippen molar-refractivity contribution >= 4 is 17.7 Å². The fourth-order valence-corrected chi connectivity index (χ4v) is 5.83. The lowest BCUT2D eigenvalue weighted by Gasteiger charge is -2.32. The van der Waals surface area contributed by atoms with Crippen molar-refractivity contribution in [2.75, 3.05) is 13.2 Å². The zero-order chi connectivity index (χ0) is 31.4. The van der Waals surface area contributed by atoms with E-state index in [4.69, 9.17) is 9.47 Å². The number of aliphatic carboxylic acids is 2. The topological polar surface area (TPSA) is 130 Å². The molecule has 0 saturated carbocycles. The standard InChI is InChI=1S/C35H33FO8/c1-2-20-16-27(21-6-8-24(36)9-7-21)30(37)19-32(20)44-15-3-14-43-31-12-10-26-29(25(31)11-13-33(38)39)17-22-4-5-23(35(41)42)18-28(22)34(26)40/h4-10,12,16,18-19,22,28,37H,2-3,11,13-15,17H2,1H3,(H,38,39)(H,41,42). The van der Waals surface area contributed by atoms with Gasteiger partial charge >= 0.3 is 11.9 Å². The van der Waals surface area contributed by atoms with Gasteiger partial charge in [0.05, 0.1) is 18.8 Å². The lowest BCUT2D eigenvalue weighted by Crippen LogP contribution is -2.32. The number of carbonyl (C=O) groups is 3. The Morgan fingerprint density at radius 2 is 1.70 bits per heavy atom. The van der Waals surface area contributed by atoms with Crippen LogP contribution in [0.4, 0.5) is 4.39 Å². The first-order valence-electron chi connectivity index (χ1n) is 14.6. The molecule has 2 aliphatic carbocycles. The zero-order valence-electron chi connectivity index (χ0n) is 24.2. The van der Waals surface area contributed by atoms with Crippen molar-refractivity contribution in [3.8, 4) is 28.4 Å². The average molecular weight is 601 g/mol. The first kappa shape index (κ1) is 30.5. The minimum absolute atomic E-state index is 0.0245. The Kier molecular flexibility index (Phi) is 9.13. The first-order valence-corrected chi connectivity index (χ1v) is 14.6. The molecule has 5 rings (SSSR count). The van der Waals surface area contributed by atoms with Crippen molar-refractivity contribution in [2.24, 2.45) is 11.8 Å². The van der Waals surface area contributed by atoms with Gasteiger partial charge in [-0.05, 0) is 77.8 Å². The maximum Gasteiger partial charge on any atom is 0.335 e. The second-order valence-corrected chi connectivity index (χ2v) is 10.9. The highest BCUT2D eigenvalue weighted by molar-refractivity contribution is 6.04. The van der Waals surface area contributed by atoms with Crippen molar-refractivity contribution in [3.63, 3.8) is 0 Å². The van der Waals surface area contributed by atoms with E-state index >= 15 is 0 Å². The number of aromatic hydroxyl groups is 1. The molecule has 2 atom stereocenters. The number of aryl methyl sites for hydroxylation is 1. The van der Waals surface area contributed by atoms with Crippen LogP contribution in [0.2, 0.25) is 0 Å². The van der Waals surface area contributed by atoms with Crippen LogP contribution in [0, 0.1) is 17.7 Å². The number of Topliss-reactive ketones (excluding diaryl/α,β-unsaturated/α-hetero) is 1. The van der Waals surface area contributed by atoms with Crippen LogP contribution in [0.1, 0.15) is 46.8 Å². The molecule has 3 aromatic carbocycles. The molecule has 0 heterocycles. The van der Waals surface area contributed by atoms with Crippen molar-refractivity contribution in [3.05, 3.63) is 100 Å². The van der Waals surface area contributed by atoms with E-state index in [1.54, 1.807) is 36.4 Å². The number of allylic oxidation sites excluding steroid dienone is 2. The van der Waals surface area contributed by atoms with Crippen LogP contribution >= 0.6 is 0 Å². The minimum Gasteiger partial charge on any atom is -0.507 e. The van der Waals surface area contributed by atoms with E-state index in [0.29, 0.717) is 59.6 Å². The van der Waals surface area contributed by atoms with Crippen LogP contribution in [-0.2, 0) is 28.9 Å². The van der Waals surface area contributed by atoms with Gasteiger partial charge in [-0.25, -0.2) is 9.18 Å². The first-order chi connectivity index (χ1) is 21.2. The van der Waals surface area contributed by atoms with Gasteiger partial charge in [0.25, 0.3) is 0 Å². The molecule has 8 nitrogen and oxygen atoms in total. The monoisotopic (exact) mass is 600 g/mol. The van der Waals surface area contributed by atoms with Crippen LogP contribution in [0.25, 0.3) is 11.1 Å². The molecule has 0 aromatic heterocycles. The molecule has 0 saturated heterocycles. The Balaban J connectivity index is 1.27. The van der Waals surface area contributed by atoms with Crippen molar-refractivity contribution in [1.82, 2.24) is 0 Å². The second-order valence-electron chi connectivity index (χ2n) is 10.9. The van der Waals surface area contributed by atoms with Crippen molar-refractivity contribution in [2.45, 2.75) is 39.0 Å². The third-order valence-electron chi connectivity index (χ3n) is 8.09. The largest absolute Gasteiger partial charge is 0.507 e. The predicted octanol–water partition coefficient (Wildman–Crippen LogP) is 6.18. The van der Waals surface area contributed by atoms with Crippen LogP contribution in [-0.4, -0.2) is 46.3 Å². The molecular formula is C35H33FO8. The summed E-state index contributed by atoms with van der Waals surface area (Å²) in [6.07, 6.45) is 6.44. The summed E-state index contributed by atoms with van der Waals surface area (Å²) in [5.41, 5.74) is 4.14. The Morgan fingerprint density at radius 1 is 0.977 bits per heavy atom. The molecule has 3 aromatic rings. The highest BCUT2D eigenvalue weighted by Gasteiger charge is 2.37. The minimum atomic E-state index is -1.09. The van der Waals surface area contributed by atoms with Gasteiger partial charge in [-0.2, -0.15) is 0 Å². The molecule has 0 radical (unpaired) electrons. The third-order valence-corrected chi connectivity index (χ3v) is 8.09. The Morgan fingerprint density at radius 3 is 2.39 bits per heavy atom. The maximum absolute atomic E-state index is 13.4. The van der Waals surface area contributed by atoms with Crippen LogP contribution in [0.15, 0.2) is 72.3 Å². The summed E-state index contributed by atoms with van der Waals surface area (Å²) in [5, 5.41) is 29.4. The molecule has 228 valence electrons. The van der Waals surface area contributed by atoms with Gasteiger partial charge in [0, 0.05) is 36.0 Å². The summed E-state index contributed by atoms with van der Waals surface area (Å²) in [6, 6.07) is 12.7. The SMILES string of the molecule is CCc1cc(-c2ccc(F)cc2)c(O)cc1OCCCOc1ccc2c(c1CCC(=O)O)CC1C=CC(C(=O)O)=CC1C2=O. The summed E-state index contributed by atoms with van der Waals surface area (Å²) in [7, 11) is 0. The zero-order valence-corrected chi connectivity index (χ0v) is 24.2. The molecule has 44 heavy (non-hydrogen) atoms. The number of ether oxygens (including phenoxy) is 2. The van der Waals surface area contributed by atoms with Crippen molar-refractivity contribution in [1.29, 1.82) is 0 Å². The lowest BCUT2D eigenvalue weighted by molar-refractivity contribution is -0.137. The Labute approximate surface area is 254 Å². The molecule has 0 fully saturated rings. The van der Waals surface area contributed by atoms with Crippen molar-refractivity contribution < 1.29 is 43.6 Å². The molecule has 2 aliphatic rings. The number of carboxylic acid groups (broad SMARTS) is 2. The van der Waals surface area contributed by atoms with E-state index in [2.05, 4.69) is 0 Å². The molecule has 9 heteroatoms. The summed E-state index contributed by atoms with van der Waals surface area (Å²) in [5.74, 6) is -2.31. The van der Waals surface area contributed by atoms with Crippen LogP contribution in [0.5, 0.6) is 17.2 Å². The number of ketones is 1. The number of phenols is 1. The van der Waals surface area contributed by atoms with E-state index in [1.807, 2.05) is 13.0 Å². The number of phenolic OH excluding ortho intramolecular Hbond substituents is 1. The van der Waals surface area contributed by atoms with E-state index in [1.165, 1.54) is 24.3 Å². The molecule has 3 N–H and O–H groups in total. The number of hydrogen-bond donors (Lipinski definition) is 3.